The van der Waals surface area contributed by atoms with Crippen LogP contribution in [-0.2, 0) is 13.0 Å². The number of hydrogen-bond donors (Lipinski definition) is 1. The predicted molar refractivity (Wildman–Crippen MR) is 97.3 cm³/mol. The molecule has 0 saturated heterocycles. The van der Waals surface area contributed by atoms with E-state index in [1.807, 2.05) is 58.1 Å². The van der Waals surface area contributed by atoms with Crippen molar-refractivity contribution in [2.24, 2.45) is 0 Å². The minimum absolute atomic E-state index is 0.0179. The van der Waals surface area contributed by atoms with E-state index in [1.54, 1.807) is 0 Å². The molecule has 5 heteroatoms. The van der Waals surface area contributed by atoms with Gasteiger partial charge in [0.25, 0.3) is 0 Å². The smallest absolute Gasteiger partial charge is 0.318 e. The molecule has 1 N–H and O–H groups in total. The fourth-order valence-corrected chi connectivity index (χ4v) is 3.09. The summed E-state index contributed by atoms with van der Waals surface area (Å²) in [7, 11) is 0. The van der Waals surface area contributed by atoms with Crippen molar-refractivity contribution < 1.29 is 4.79 Å². The van der Waals surface area contributed by atoms with Crippen molar-refractivity contribution in [1.82, 2.24) is 19.6 Å². The molecular formula is C20H22N4O. The molecule has 1 aliphatic rings. The minimum Gasteiger partial charge on any atom is -0.338 e. The quantitative estimate of drug-likeness (QED) is 0.752. The lowest BCUT2D eigenvalue weighted by molar-refractivity contribution is 0.191. The van der Waals surface area contributed by atoms with E-state index in [0.717, 1.165) is 30.6 Å². The van der Waals surface area contributed by atoms with Crippen LogP contribution in [0, 0.1) is 0 Å². The minimum atomic E-state index is 0.0179. The van der Waals surface area contributed by atoms with Gasteiger partial charge in [-0.25, -0.2) is 9.78 Å². The van der Waals surface area contributed by atoms with E-state index < -0.39 is 0 Å². The normalized spacial score (nSPS) is 13.8. The highest BCUT2D eigenvalue weighted by Crippen LogP contribution is 2.28. The van der Waals surface area contributed by atoms with Gasteiger partial charge in [0.15, 0.2) is 0 Å². The maximum absolute atomic E-state index is 12.7. The third-order valence-corrected chi connectivity index (χ3v) is 4.61. The Hall–Kier alpha value is -2.82. The molecule has 0 atom stereocenters. The maximum Gasteiger partial charge on any atom is 0.318 e. The monoisotopic (exact) mass is 334 g/mol. The van der Waals surface area contributed by atoms with Crippen LogP contribution in [0.3, 0.4) is 0 Å². The first-order valence-electron chi connectivity index (χ1n) is 8.80. The molecule has 1 aromatic carbocycles. The van der Waals surface area contributed by atoms with Gasteiger partial charge in [-0.15, -0.1) is 0 Å². The molecule has 2 aromatic heterocycles. The number of hydrogen-bond acceptors (Lipinski definition) is 2. The molecule has 0 spiro atoms. The van der Waals surface area contributed by atoms with Gasteiger partial charge in [0.2, 0.25) is 0 Å². The number of imidazole rings is 1. The van der Waals surface area contributed by atoms with Gasteiger partial charge in [-0.3, -0.25) is 0 Å². The fraction of sp³-hybridized carbons (Fsp3) is 0.300. The summed E-state index contributed by atoms with van der Waals surface area (Å²) in [6.07, 6.45) is 6.88. The first kappa shape index (κ1) is 15.7. The fourth-order valence-electron chi connectivity index (χ4n) is 3.09. The van der Waals surface area contributed by atoms with Crippen LogP contribution in [0.15, 0.2) is 60.9 Å². The molecule has 1 saturated carbocycles. The Morgan fingerprint density at radius 3 is 2.76 bits per heavy atom. The summed E-state index contributed by atoms with van der Waals surface area (Å²) in [6, 6.07) is 16.5. The molecule has 0 aliphatic heterocycles. The second kappa shape index (κ2) is 6.97. The third-order valence-electron chi connectivity index (χ3n) is 4.61. The summed E-state index contributed by atoms with van der Waals surface area (Å²) in [5, 5.41) is 3.07. The molecule has 2 amide bonds. The number of urea groups is 1. The molecule has 4 rings (SSSR count). The average Bonchev–Trinajstić information content (AvgIpc) is 3.41. The molecule has 1 aliphatic carbocycles. The molecule has 2 heterocycles. The van der Waals surface area contributed by atoms with Crippen molar-refractivity contribution in [3.63, 3.8) is 0 Å². The molecule has 25 heavy (non-hydrogen) atoms. The highest BCUT2D eigenvalue weighted by atomic mass is 16.2. The lowest BCUT2D eigenvalue weighted by Crippen LogP contribution is -2.41. The van der Waals surface area contributed by atoms with Crippen LogP contribution in [0.1, 0.15) is 24.1 Å². The molecule has 5 nitrogen and oxygen atoms in total. The number of carbonyl (C=O) groups is 1. The van der Waals surface area contributed by atoms with Crippen LogP contribution in [0.5, 0.6) is 0 Å². The van der Waals surface area contributed by atoms with Gasteiger partial charge in [0, 0.05) is 18.8 Å². The molecule has 1 fully saturated rings. The van der Waals surface area contributed by atoms with E-state index in [0.29, 0.717) is 19.1 Å². The number of nitrogens with one attached hydrogen (secondary N) is 1. The number of pyridine rings is 1. The first-order chi connectivity index (χ1) is 12.3. The number of carbonyl (C=O) groups excluding carboxylic acids is 1. The Labute approximate surface area is 147 Å². The van der Waals surface area contributed by atoms with Crippen molar-refractivity contribution in [2.45, 2.75) is 31.8 Å². The molecule has 0 radical (unpaired) electrons. The van der Waals surface area contributed by atoms with E-state index in [1.165, 1.54) is 5.56 Å². The molecule has 0 bridgehead atoms. The van der Waals surface area contributed by atoms with Crippen LogP contribution < -0.4 is 5.32 Å². The van der Waals surface area contributed by atoms with Crippen LogP contribution in [0.2, 0.25) is 0 Å². The van der Waals surface area contributed by atoms with Crippen molar-refractivity contribution in [2.75, 3.05) is 6.54 Å². The van der Waals surface area contributed by atoms with Crippen molar-refractivity contribution in [1.29, 1.82) is 0 Å². The third kappa shape index (κ3) is 3.65. The lowest BCUT2D eigenvalue weighted by atomic mass is 10.1. The van der Waals surface area contributed by atoms with Gasteiger partial charge in [0.05, 0.1) is 18.4 Å². The average molecular weight is 334 g/mol. The highest BCUT2D eigenvalue weighted by Gasteiger charge is 2.33. The van der Waals surface area contributed by atoms with Crippen LogP contribution in [0.25, 0.3) is 5.65 Å². The zero-order chi connectivity index (χ0) is 17.1. The molecule has 3 aromatic rings. The Bertz CT molecular complexity index is 854. The molecule has 128 valence electrons. The summed E-state index contributed by atoms with van der Waals surface area (Å²) in [5.74, 6) is 0. The van der Waals surface area contributed by atoms with Gasteiger partial charge in [0.1, 0.15) is 5.65 Å². The lowest BCUT2D eigenvalue weighted by Gasteiger charge is -2.22. The van der Waals surface area contributed by atoms with Gasteiger partial charge in [-0.05, 0) is 37.0 Å². The predicted octanol–water partition coefficient (Wildman–Crippen LogP) is 3.25. The summed E-state index contributed by atoms with van der Waals surface area (Å²) in [5.41, 5.74) is 3.20. The van der Waals surface area contributed by atoms with Crippen molar-refractivity contribution >= 4 is 11.7 Å². The second-order valence-corrected chi connectivity index (χ2v) is 6.50. The highest BCUT2D eigenvalue weighted by molar-refractivity contribution is 5.75. The summed E-state index contributed by atoms with van der Waals surface area (Å²) in [4.78, 5) is 19.0. The van der Waals surface area contributed by atoms with Crippen molar-refractivity contribution in [3.05, 3.63) is 72.2 Å². The van der Waals surface area contributed by atoms with Crippen LogP contribution in [0.4, 0.5) is 4.79 Å². The topological polar surface area (TPSA) is 49.6 Å². The van der Waals surface area contributed by atoms with Gasteiger partial charge >= 0.3 is 6.03 Å². The summed E-state index contributed by atoms with van der Waals surface area (Å²) >= 11 is 0. The van der Waals surface area contributed by atoms with E-state index >= 15 is 0 Å². The van der Waals surface area contributed by atoms with E-state index in [-0.39, 0.29) is 6.03 Å². The molecule has 0 unspecified atom stereocenters. The van der Waals surface area contributed by atoms with Crippen LogP contribution in [-0.4, -0.2) is 32.9 Å². The Balaban J connectivity index is 1.40. The van der Waals surface area contributed by atoms with E-state index in [9.17, 15) is 4.79 Å². The second-order valence-electron chi connectivity index (χ2n) is 6.50. The number of rotatable bonds is 6. The largest absolute Gasteiger partial charge is 0.338 e. The van der Waals surface area contributed by atoms with E-state index in [2.05, 4.69) is 22.4 Å². The van der Waals surface area contributed by atoms with Crippen molar-refractivity contribution in [3.8, 4) is 0 Å². The van der Waals surface area contributed by atoms with Gasteiger partial charge in [-0.1, -0.05) is 36.4 Å². The van der Waals surface area contributed by atoms with Crippen LogP contribution >= 0.6 is 0 Å². The number of nitrogens with zero attached hydrogens (tertiary/aromatic N) is 3. The zero-order valence-corrected chi connectivity index (χ0v) is 14.1. The van der Waals surface area contributed by atoms with E-state index in [4.69, 9.17) is 0 Å². The Morgan fingerprint density at radius 1 is 1.16 bits per heavy atom. The number of aromatic nitrogens is 2. The standard InChI is InChI=1S/C20H22N4O/c25-20(21-12-11-16-6-2-1-3-7-16)24(17-9-10-17)15-18-14-22-19-8-4-5-13-23(18)19/h1-8,13-14,17H,9-12,15H2,(H,21,25). The molecular weight excluding hydrogens is 312 g/mol. The summed E-state index contributed by atoms with van der Waals surface area (Å²) in [6.45, 7) is 1.24. The van der Waals surface area contributed by atoms with Gasteiger partial charge in [-0.2, -0.15) is 0 Å². The zero-order valence-electron chi connectivity index (χ0n) is 14.1. The van der Waals surface area contributed by atoms with Gasteiger partial charge < -0.3 is 14.6 Å². The number of fused-ring (bicyclic) bond motifs is 1. The Morgan fingerprint density at radius 2 is 1.96 bits per heavy atom. The SMILES string of the molecule is O=C(NCCc1ccccc1)N(Cc1cnc2ccccn12)C1CC1. The number of benzene rings is 1. The number of amides is 2. The first-order valence-corrected chi connectivity index (χ1v) is 8.80. The summed E-state index contributed by atoms with van der Waals surface area (Å²) < 4.78 is 2.05. The Kier molecular flexibility index (Phi) is 4.37. The maximum atomic E-state index is 12.7.